The molecule has 9 nitrogen and oxygen atoms in total. The Bertz CT molecular complexity index is 2160. The highest BCUT2D eigenvalue weighted by atomic mass is 35.5. The molecule has 7 rings (SSSR count). The Kier molecular flexibility index (Phi) is 7.46. The number of nitrogens with zero attached hydrogens (tertiary/aromatic N) is 6. The van der Waals surface area contributed by atoms with E-state index in [2.05, 4.69) is 31.4 Å². The molecule has 1 N–H and O–H groups in total. The van der Waals surface area contributed by atoms with Crippen molar-refractivity contribution in [1.82, 2.24) is 29.4 Å². The number of aromatic amines is 1. The van der Waals surface area contributed by atoms with E-state index in [1.807, 2.05) is 53.7 Å². The van der Waals surface area contributed by atoms with Gasteiger partial charge in [0.25, 0.3) is 5.56 Å². The summed E-state index contributed by atoms with van der Waals surface area (Å²) in [7, 11) is 0. The van der Waals surface area contributed by atoms with Crippen LogP contribution in [0.4, 0.5) is 10.1 Å². The zero-order valence-corrected chi connectivity index (χ0v) is 28.1. The zero-order chi connectivity index (χ0) is 33.5. The molecule has 3 aromatic heterocycles. The second kappa shape index (κ2) is 11.3. The smallest absolute Gasteiger partial charge is 0.261 e. The molecule has 5 aromatic rings. The molecule has 47 heavy (non-hydrogen) atoms. The lowest BCUT2D eigenvalue weighted by Crippen LogP contribution is -2.57. The normalized spacial score (nSPS) is 17.7. The average Bonchev–Trinajstić information content (AvgIpc) is 3.66. The molecular weight excluding hydrogens is 617 g/mol. The minimum Gasteiger partial charge on any atom is -0.363 e. The molecule has 0 bridgehead atoms. The first-order valence-electron chi connectivity index (χ1n) is 16.0. The Morgan fingerprint density at radius 3 is 2.45 bits per heavy atom. The largest absolute Gasteiger partial charge is 0.363 e. The number of aromatic nitrogens is 5. The number of benzene rings is 2. The maximum absolute atomic E-state index is 16.8. The van der Waals surface area contributed by atoms with E-state index in [0.29, 0.717) is 69.8 Å². The van der Waals surface area contributed by atoms with Crippen LogP contribution in [0, 0.1) is 12.7 Å². The average molecular weight is 654 g/mol. The van der Waals surface area contributed by atoms with Gasteiger partial charge in [0.05, 0.1) is 56.7 Å². The molecule has 1 amide bonds. The predicted molar refractivity (Wildman–Crippen MR) is 184 cm³/mol. The summed E-state index contributed by atoms with van der Waals surface area (Å²) < 4.78 is 18.4. The number of fused-ring (bicyclic) bond motifs is 6. The molecule has 0 saturated carbocycles. The maximum Gasteiger partial charge on any atom is 0.261 e. The number of halogens is 2. The van der Waals surface area contributed by atoms with Gasteiger partial charge in [-0.05, 0) is 49.5 Å². The highest BCUT2D eigenvalue weighted by molar-refractivity contribution is 6.39. The third kappa shape index (κ3) is 4.59. The fourth-order valence-electron chi connectivity index (χ4n) is 7.51. The van der Waals surface area contributed by atoms with Crippen LogP contribution >= 0.6 is 11.6 Å². The lowest BCUT2D eigenvalue weighted by Gasteiger charge is -2.43. The number of nitrogens with one attached hydrogen (secondary N) is 1. The van der Waals surface area contributed by atoms with Crippen molar-refractivity contribution < 1.29 is 9.18 Å². The first-order chi connectivity index (χ1) is 22.4. The van der Waals surface area contributed by atoms with Gasteiger partial charge in [-0.15, -0.1) is 0 Å². The third-order valence-corrected chi connectivity index (χ3v) is 10.1. The van der Waals surface area contributed by atoms with E-state index in [-0.39, 0.29) is 46.0 Å². The molecule has 2 aliphatic rings. The molecule has 0 aliphatic carbocycles. The standard InChI is InChI=1S/C36H37ClFN7O2/c1-8-26(46)43-14-21-11-23-33(44(21)13-20(43)7)22-12-24(38)28(27-19(6)9-10-25-32(27)42-15-39-25)29(37)34(22)45(36(23)47)35-30(17(2)3)40-16-41-31(35)18(4)5/h8-10,12,15-18,20-21H,1,11,13-14H2,2-7H3,(H,39,42). The number of aryl methyl sites for hydroxylation is 1. The fourth-order valence-corrected chi connectivity index (χ4v) is 7.89. The predicted octanol–water partition coefficient (Wildman–Crippen LogP) is 6.82. The molecule has 2 unspecified atom stereocenters. The van der Waals surface area contributed by atoms with Crippen molar-refractivity contribution in [3.05, 3.63) is 87.2 Å². The molecule has 0 spiro atoms. The molecule has 2 aromatic carbocycles. The van der Waals surface area contributed by atoms with Crippen molar-refractivity contribution in [2.75, 3.05) is 18.0 Å². The van der Waals surface area contributed by atoms with Gasteiger partial charge in [0.1, 0.15) is 12.1 Å². The summed E-state index contributed by atoms with van der Waals surface area (Å²) in [4.78, 5) is 48.7. The minimum absolute atomic E-state index is 0.0508. The molecule has 2 aliphatic heterocycles. The van der Waals surface area contributed by atoms with Crippen molar-refractivity contribution in [1.29, 1.82) is 0 Å². The number of rotatable bonds is 5. The SMILES string of the molecule is C=CC(=O)N1CC2Cc3c(c4cc(F)c(-c5c(C)ccc6[nH]cnc56)c(Cl)c4n(-c4c(C(C)C)ncnc4C(C)C)c3=O)N2CC1C. The first-order valence-corrected chi connectivity index (χ1v) is 16.4. The molecule has 11 heteroatoms. The number of carbonyl (C=O) groups excluding carboxylic acids is 1. The number of piperazine rings is 1. The van der Waals surface area contributed by atoms with E-state index in [0.717, 1.165) is 11.1 Å². The summed E-state index contributed by atoms with van der Waals surface area (Å²) in [6.45, 7) is 16.5. The Morgan fingerprint density at radius 1 is 1.09 bits per heavy atom. The van der Waals surface area contributed by atoms with Gasteiger partial charge in [-0.2, -0.15) is 0 Å². The van der Waals surface area contributed by atoms with Crippen LogP contribution in [0.2, 0.25) is 5.02 Å². The van der Waals surface area contributed by atoms with Crippen molar-refractivity contribution in [2.45, 2.75) is 71.9 Å². The number of carbonyl (C=O) groups is 1. The summed E-state index contributed by atoms with van der Waals surface area (Å²) in [6, 6.07) is 5.00. The van der Waals surface area contributed by atoms with Crippen molar-refractivity contribution in [2.24, 2.45) is 0 Å². The van der Waals surface area contributed by atoms with Gasteiger partial charge in [0.2, 0.25) is 5.91 Å². The van der Waals surface area contributed by atoms with Crippen molar-refractivity contribution in [3.8, 4) is 16.8 Å². The molecule has 1 saturated heterocycles. The molecule has 1 fully saturated rings. The van der Waals surface area contributed by atoms with E-state index in [1.54, 1.807) is 15.8 Å². The Labute approximate surface area is 277 Å². The van der Waals surface area contributed by atoms with E-state index in [1.165, 1.54) is 18.5 Å². The van der Waals surface area contributed by atoms with Crippen LogP contribution in [-0.2, 0) is 11.2 Å². The van der Waals surface area contributed by atoms with Crippen molar-refractivity contribution in [3.63, 3.8) is 0 Å². The van der Waals surface area contributed by atoms with E-state index in [9.17, 15) is 4.79 Å². The van der Waals surface area contributed by atoms with Crippen LogP contribution in [0.15, 0.2) is 48.3 Å². The van der Waals surface area contributed by atoms with Crippen LogP contribution in [0.5, 0.6) is 0 Å². The first kappa shape index (κ1) is 31.1. The highest BCUT2D eigenvalue weighted by Gasteiger charge is 2.42. The number of pyridine rings is 1. The summed E-state index contributed by atoms with van der Waals surface area (Å²) in [5, 5.41) is 0.646. The third-order valence-electron chi connectivity index (χ3n) is 9.69. The maximum atomic E-state index is 16.8. The lowest BCUT2D eigenvalue weighted by molar-refractivity contribution is -0.128. The van der Waals surface area contributed by atoms with Crippen LogP contribution in [0.25, 0.3) is 38.8 Å². The topological polar surface area (TPSA) is 100 Å². The van der Waals surface area contributed by atoms with Gasteiger partial charge in [-0.1, -0.05) is 51.9 Å². The number of amides is 1. The van der Waals surface area contributed by atoms with Crippen molar-refractivity contribution >= 4 is 45.1 Å². The second-order valence-electron chi connectivity index (χ2n) is 13.3. The highest BCUT2D eigenvalue weighted by Crippen LogP contribution is 2.47. The van der Waals surface area contributed by atoms with Crippen LogP contribution in [0.3, 0.4) is 0 Å². The van der Waals surface area contributed by atoms with E-state index >= 15 is 9.18 Å². The fraction of sp³-hybridized carbons (Fsp3) is 0.361. The molecule has 5 heterocycles. The summed E-state index contributed by atoms with van der Waals surface area (Å²) in [5.41, 5.74) is 6.23. The summed E-state index contributed by atoms with van der Waals surface area (Å²) >= 11 is 7.44. The minimum atomic E-state index is -0.511. The molecule has 242 valence electrons. The zero-order valence-electron chi connectivity index (χ0n) is 27.4. The number of hydrogen-bond acceptors (Lipinski definition) is 6. The second-order valence-corrected chi connectivity index (χ2v) is 13.7. The molecular formula is C36H37ClFN7O2. The van der Waals surface area contributed by atoms with Gasteiger partial charge in [-0.25, -0.2) is 19.3 Å². The van der Waals surface area contributed by atoms with Gasteiger partial charge in [0.15, 0.2) is 0 Å². The van der Waals surface area contributed by atoms with Crippen LogP contribution in [0.1, 0.15) is 69.0 Å². The Morgan fingerprint density at radius 2 is 1.79 bits per heavy atom. The van der Waals surface area contributed by atoms with Gasteiger partial charge < -0.3 is 14.8 Å². The molecule has 0 radical (unpaired) electrons. The van der Waals surface area contributed by atoms with E-state index < -0.39 is 5.82 Å². The van der Waals surface area contributed by atoms with Gasteiger partial charge in [0, 0.05) is 47.6 Å². The Hall–Kier alpha value is -4.57. The monoisotopic (exact) mass is 653 g/mol. The number of H-pyrrole nitrogens is 1. The summed E-state index contributed by atoms with van der Waals surface area (Å²) in [6.07, 6.45) is 4.83. The molecule has 2 atom stereocenters. The quantitative estimate of drug-likeness (QED) is 0.209. The lowest BCUT2D eigenvalue weighted by atomic mass is 9.95. The van der Waals surface area contributed by atoms with Crippen LogP contribution in [-0.4, -0.2) is 60.5 Å². The number of anilines is 1. The van der Waals surface area contributed by atoms with Gasteiger partial charge in [-0.3, -0.25) is 14.2 Å². The number of imidazole rings is 1. The number of hydrogen-bond donors (Lipinski definition) is 1. The van der Waals surface area contributed by atoms with Gasteiger partial charge >= 0.3 is 0 Å². The van der Waals surface area contributed by atoms with Crippen LogP contribution < -0.4 is 10.5 Å². The van der Waals surface area contributed by atoms with E-state index in [4.69, 9.17) is 11.6 Å². The Balaban J connectivity index is 1.63. The summed E-state index contributed by atoms with van der Waals surface area (Å²) in [5.74, 6) is -0.764.